The SMILES string of the molecule is COc1ccc(N(C)C(=O)CC(C)(C)CN)cc1Br. The van der Waals surface area contributed by atoms with Gasteiger partial charge in [0.25, 0.3) is 0 Å². The van der Waals surface area contributed by atoms with Gasteiger partial charge in [-0.25, -0.2) is 0 Å². The van der Waals surface area contributed by atoms with Crippen molar-refractivity contribution >= 4 is 27.5 Å². The zero-order valence-corrected chi connectivity index (χ0v) is 13.5. The standard InChI is InChI=1S/C14H21BrN2O2/c1-14(2,9-16)8-13(18)17(3)10-5-6-12(19-4)11(15)7-10/h5-7H,8-9,16H2,1-4H3. The molecule has 0 atom stereocenters. The maximum absolute atomic E-state index is 12.2. The number of nitrogens with two attached hydrogens (primary N) is 1. The summed E-state index contributed by atoms with van der Waals surface area (Å²) in [5, 5.41) is 0. The Labute approximate surface area is 123 Å². The van der Waals surface area contributed by atoms with Crippen molar-refractivity contribution in [1.82, 2.24) is 0 Å². The zero-order valence-electron chi connectivity index (χ0n) is 11.9. The van der Waals surface area contributed by atoms with E-state index in [0.29, 0.717) is 13.0 Å². The quantitative estimate of drug-likeness (QED) is 0.904. The minimum Gasteiger partial charge on any atom is -0.496 e. The van der Waals surface area contributed by atoms with Crippen LogP contribution >= 0.6 is 15.9 Å². The van der Waals surface area contributed by atoms with Crippen LogP contribution in [0, 0.1) is 5.41 Å². The van der Waals surface area contributed by atoms with Crippen LogP contribution in [0.2, 0.25) is 0 Å². The highest BCUT2D eigenvalue weighted by atomic mass is 79.9. The second-order valence-corrected chi connectivity index (χ2v) is 6.17. The van der Waals surface area contributed by atoms with Gasteiger partial charge in [-0.05, 0) is 46.1 Å². The largest absolute Gasteiger partial charge is 0.496 e. The highest BCUT2D eigenvalue weighted by molar-refractivity contribution is 9.10. The number of hydrogen-bond donors (Lipinski definition) is 1. The molecule has 0 aliphatic heterocycles. The molecule has 1 aromatic rings. The van der Waals surface area contributed by atoms with Gasteiger partial charge in [-0.15, -0.1) is 0 Å². The average Bonchev–Trinajstić information content (AvgIpc) is 2.37. The van der Waals surface area contributed by atoms with Crippen LogP contribution in [0.3, 0.4) is 0 Å². The summed E-state index contributed by atoms with van der Waals surface area (Å²) in [6.45, 7) is 4.46. The van der Waals surface area contributed by atoms with Crippen molar-refractivity contribution in [3.8, 4) is 5.75 Å². The van der Waals surface area contributed by atoms with E-state index in [1.54, 1.807) is 19.1 Å². The number of carbonyl (C=O) groups is 1. The summed E-state index contributed by atoms with van der Waals surface area (Å²) in [5.41, 5.74) is 6.30. The van der Waals surface area contributed by atoms with Crippen molar-refractivity contribution in [3.63, 3.8) is 0 Å². The number of hydrogen-bond acceptors (Lipinski definition) is 3. The predicted octanol–water partition coefficient (Wildman–Crippen LogP) is 2.80. The van der Waals surface area contributed by atoms with Crippen LogP contribution in [0.15, 0.2) is 22.7 Å². The molecule has 0 spiro atoms. The number of rotatable bonds is 5. The molecule has 4 nitrogen and oxygen atoms in total. The summed E-state index contributed by atoms with van der Waals surface area (Å²) in [6.07, 6.45) is 0.420. The second kappa shape index (κ2) is 6.39. The third-order valence-corrected chi connectivity index (χ3v) is 3.70. The molecule has 0 saturated carbocycles. The van der Waals surface area contributed by atoms with E-state index >= 15 is 0 Å². The summed E-state index contributed by atoms with van der Waals surface area (Å²) in [5.74, 6) is 0.791. The second-order valence-electron chi connectivity index (χ2n) is 5.32. The lowest BCUT2D eigenvalue weighted by Gasteiger charge is -2.25. The van der Waals surface area contributed by atoms with E-state index < -0.39 is 0 Å². The number of anilines is 1. The first-order valence-corrected chi connectivity index (χ1v) is 6.90. The van der Waals surface area contributed by atoms with Gasteiger partial charge < -0.3 is 15.4 Å². The monoisotopic (exact) mass is 328 g/mol. The summed E-state index contributed by atoms with van der Waals surface area (Å²) in [6, 6.07) is 5.56. The molecule has 1 amide bonds. The van der Waals surface area contributed by atoms with Crippen LogP contribution in [0.5, 0.6) is 5.75 Å². The maximum Gasteiger partial charge on any atom is 0.227 e. The molecule has 0 aromatic heterocycles. The van der Waals surface area contributed by atoms with Crippen LogP contribution in [0.4, 0.5) is 5.69 Å². The van der Waals surface area contributed by atoms with Crippen molar-refractivity contribution in [1.29, 1.82) is 0 Å². The molecule has 106 valence electrons. The van der Waals surface area contributed by atoms with Gasteiger partial charge in [0.1, 0.15) is 5.75 Å². The topological polar surface area (TPSA) is 55.6 Å². The molecule has 0 saturated heterocycles. The summed E-state index contributed by atoms with van der Waals surface area (Å²) in [7, 11) is 3.38. The molecule has 2 N–H and O–H groups in total. The number of ether oxygens (including phenoxy) is 1. The molecule has 0 bridgehead atoms. The fourth-order valence-electron chi connectivity index (χ4n) is 1.61. The molecule has 5 heteroatoms. The van der Waals surface area contributed by atoms with Gasteiger partial charge in [-0.3, -0.25) is 4.79 Å². The number of benzene rings is 1. The van der Waals surface area contributed by atoms with Gasteiger partial charge in [0.2, 0.25) is 5.91 Å². The molecule has 1 rings (SSSR count). The van der Waals surface area contributed by atoms with Gasteiger partial charge in [0, 0.05) is 19.2 Å². The lowest BCUT2D eigenvalue weighted by Crippen LogP contribution is -2.34. The molecule has 0 aliphatic carbocycles. The summed E-state index contributed by atoms with van der Waals surface area (Å²) >= 11 is 3.42. The summed E-state index contributed by atoms with van der Waals surface area (Å²) < 4.78 is 6.00. The summed E-state index contributed by atoms with van der Waals surface area (Å²) in [4.78, 5) is 13.8. The fraction of sp³-hybridized carbons (Fsp3) is 0.500. The number of amides is 1. The average molecular weight is 329 g/mol. The minimum atomic E-state index is -0.185. The Morgan fingerprint density at radius 3 is 2.58 bits per heavy atom. The Hall–Kier alpha value is -1.07. The molecule has 0 fully saturated rings. The minimum absolute atomic E-state index is 0.0486. The van der Waals surface area contributed by atoms with Crippen molar-refractivity contribution in [2.24, 2.45) is 11.1 Å². The Kier molecular flexibility index (Phi) is 5.38. The fourth-order valence-corrected chi connectivity index (χ4v) is 2.14. The van der Waals surface area contributed by atoms with Crippen LogP contribution in [0.25, 0.3) is 0 Å². The van der Waals surface area contributed by atoms with Crippen molar-refractivity contribution in [2.75, 3.05) is 25.6 Å². The number of nitrogens with zero attached hydrogens (tertiary/aromatic N) is 1. The van der Waals surface area contributed by atoms with Crippen molar-refractivity contribution < 1.29 is 9.53 Å². The molecular weight excluding hydrogens is 308 g/mol. The van der Waals surface area contributed by atoms with Gasteiger partial charge in [0.05, 0.1) is 11.6 Å². The van der Waals surface area contributed by atoms with Crippen molar-refractivity contribution in [3.05, 3.63) is 22.7 Å². The molecule has 0 unspecified atom stereocenters. The number of halogens is 1. The molecule has 0 aliphatic rings. The van der Waals surface area contributed by atoms with Crippen LogP contribution in [-0.2, 0) is 4.79 Å². The Bertz CT molecular complexity index is 461. The smallest absolute Gasteiger partial charge is 0.227 e. The van der Waals surface area contributed by atoms with Crippen LogP contribution in [-0.4, -0.2) is 26.6 Å². The van der Waals surface area contributed by atoms with Crippen molar-refractivity contribution in [2.45, 2.75) is 20.3 Å². The van der Waals surface area contributed by atoms with E-state index in [1.807, 2.05) is 32.0 Å². The Balaban J connectivity index is 2.85. The molecule has 0 heterocycles. The van der Waals surface area contributed by atoms with E-state index in [9.17, 15) is 4.79 Å². The van der Waals surface area contributed by atoms with Crippen LogP contribution < -0.4 is 15.4 Å². The van der Waals surface area contributed by atoms with Gasteiger partial charge >= 0.3 is 0 Å². The normalized spacial score (nSPS) is 11.3. The van der Waals surface area contributed by atoms with Gasteiger partial charge in [0.15, 0.2) is 0 Å². The van der Waals surface area contributed by atoms with E-state index in [1.165, 1.54) is 0 Å². The lowest BCUT2D eigenvalue weighted by molar-refractivity contribution is -0.120. The highest BCUT2D eigenvalue weighted by Crippen LogP contribution is 2.30. The number of methoxy groups -OCH3 is 1. The first-order chi connectivity index (χ1) is 8.80. The number of carbonyl (C=O) groups excluding carboxylic acids is 1. The predicted molar refractivity (Wildman–Crippen MR) is 81.6 cm³/mol. The van der Waals surface area contributed by atoms with Gasteiger partial charge in [-0.2, -0.15) is 0 Å². The third-order valence-electron chi connectivity index (χ3n) is 3.08. The third kappa shape index (κ3) is 4.21. The van der Waals surface area contributed by atoms with Gasteiger partial charge in [-0.1, -0.05) is 13.8 Å². The van der Waals surface area contributed by atoms with E-state index in [0.717, 1.165) is 15.9 Å². The maximum atomic E-state index is 12.2. The van der Waals surface area contributed by atoms with Crippen LogP contribution in [0.1, 0.15) is 20.3 Å². The molecule has 0 radical (unpaired) electrons. The molecule has 19 heavy (non-hydrogen) atoms. The first-order valence-electron chi connectivity index (χ1n) is 6.11. The molecule has 1 aromatic carbocycles. The Morgan fingerprint density at radius 1 is 1.47 bits per heavy atom. The first kappa shape index (κ1) is 16.0. The Morgan fingerprint density at radius 2 is 2.11 bits per heavy atom. The van der Waals surface area contributed by atoms with E-state index in [4.69, 9.17) is 10.5 Å². The zero-order chi connectivity index (χ0) is 14.6. The van der Waals surface area contributed by atoms with E-state index in [2.05, 4.69) is 15.9 Å². The highest BCUT2D eigenvalue weighted by Gasteiger charge is 2.23. The lowest BCUT2D eigenvalue weighted by atomic mass is 9.89. The van der Waals surface area contributed by atoms with E-state index in [-0.39, 0.29) is 11.3 Å². The molecular formula is C14H21BrN2O2.